The van der Waals surface area contributed by atoms with Gasteiger partial charge in [0.25, 0.3) is 0 Å². The van der Waals surface area contributed by atoms with Gasteiger partial charge in [-0.25, -0.2) is 4.98 Å². The second kappa shape index (κ2) is 3.76. The number of aromatic nitrogens is 1. The molecule has 0 spiro atoms. The zero-order chi connectivity index (χ0) is 8.97. The first-order valence-electron chi connectivity index (χ1n) is 3.27. The molecule has 0 aliphatic heterocycles. The van der Waals surface area contributed by atoms with E-state index in [1.165, 1.54) is 0 Å². The van der Waals surface area contributed by atoms with E-state index in [0.29, 0.717) is 10.7 Å². The monoisotopic (exact) mass is 176 g/mol. The number of nitrogens with zero attached hydrogens (tertiary/aromatic N) is 2. The van der Waals surface area contributed by atoms with E-state index in [9.17, 15) is 0 Å². The molecule has 2 nitrogen and oxygen atoms in total. The lowest BCUT2D eigenvalue weighted by Gasteiger charge is -1.97. The third-order valence-electron chi connectivity index (χ3n) is 1.36. The standard InChI is InChI=1S/C9H5ClN2/c1-7-4-6-12-9(10)8(7)3-2-5-11/h4,6H,1H3. The Morgan fingerprint density at radius 3 is 2.92 bits per heavy atom. The summed E-state index contributed by atoms with van der Waals surface area (Å²) in [5, 5.41) is 8.57. The molecule has 1 rings (SSSR count). The molecule has 1 heterocycles. The predicted molar refractivity (Wildman–Crippen MR) is 46.5 cm³/mol. The first kappa shape index (κ1) is 8.59. The average molecular weight is 177 g/mol. The van der Waals surface area contributed by atoms with E-state index in [0.717, 1.165) is 5.56 Å². The summed E-state index contributed by atoms with van der Waals surface area (Å²) in [7, 11) is 0. The van der Waals surface area contributed by atoms with Gasteiger partial charge in [0.15, 0.2) is 6.07 Å². The number of hydrogen-bond acceptors (Lipinski definition) is 2. The number of hydrogen-bond donors (Lipinski definition) is 0. The van der Waals surface area contributed by atoms with E-state index in [-0.39, 0.29) is 0 Å². The van der Waals surface area contributed by atoms with Crippen LogP contribution in [0.15, 0.2) is 12.3 Å². The smallest absolute Gasteiger partial charge is 0.152 e. The maximum atomic E-state index is 8.22. The predicted octanol–water partition coefficient (Wildman–Crippen LogP) is 1.92. The maximum Gasteiger partial charge on any atom is 0.152 e. The molecule has 0 aromatic carbocycles. The normalized spacial score (nSPS) is 8.08. The van der Waals surface area contributed by atoms with E-state index >= 15 is 0 Å². The lowest BCUT2D eigenvalue weighted by Crippen LogP contribution is -1.86. The lowest BCUT2D eigenvalue weighted by atomic mass is 10.2. The molecule has 1 aromatic rings. The van der Waals surface area contributed by atoms with Gasteiger partial charge in [-0.05, 0) is 24.5 Å². The molecule has 12 heavy (non-hydrogen) atoms. The quantitative estimate of drug-likeness (QED) is 0.447. The molecule has 1 aromatic heterocycles. The molecule has 58 valence electrons. The van der Waals surface area contributed by atoms with Crippen LogP contribution in [-0.2, 0) is 0 Å². The molecule has 0 bridgehead atoms. The molecule has 0 saturated heterocycles. The van der Waals surface area contributed by atoms with Crippen LogP contribution >= 0.6 is 11.6 Å². The molecule has 0 fully saturated rings. The van der Waals surface area contributed by atoms with Crippen molar-refractivity contribution in [1.82, 2.24) is 4.98 Å². The van der Waals surface area contributed by atoms with Crippen molar-refractivity contribution < 1.29 is 0 Å². The van der Waals surface area contributed by atoms with E-state index < -0.39 is 0 Å². The van der Waals surface area contributed by atoms with Gasteiger partial charge >= 0.3 is 0 Å². The number of halogens is 1. The molecule has 0 aliphatic carbocycles. The third kappa shape index (κ3) is 1.75. The molecule has 3 heteroatoms. The van der Waals surface area contributed by atoms with Gasteiger partial charge in [-0.3, -0.25) is 0 Å². The van der Waals surface area contributed by atoms with Crippen LogP contribution in [0, 0.1) is 30.1 Å². The molecular weight excluding hydrogens is 172 g/mol. The van der Waals surface area contributed by atoms with Crippen LogP contribution in [0.2, 0.25) is 5.15 Å². The minimum atomic E-state index is 0.345. The highest BCUT2D eigenvalue weighted by atomic mass is 35.5. The fourth-order valence-electron chi connectivity index (χ4n) is 0.766. The minimum Gasteiger partial charge on any atom is -0.243 e. The molecule has 0 saturated carbocycles. The van der Waals surface area contributed by atoms with Crippen LogP contribution in [0.4, 0.5) is 0 Å². The van der Waals surface area contributed by atoms with Gasteiger partial charge < -0.3 is 0 Å². The topological polar surface area (TPSA) is 36.7 Å². The van der Waals surface area contributed by atoms with E-state index in [1.54, 1.807) is 18.3 Å². The molecule has 0 amide bonds. The molecule has 0 N–H and O–H groups in total. The highest BCUT2D eigenvalue weighted by Crippen LogP contribution is 2.14. The Kier molecular flexibility index (Phi) is 2.69. The first-order valence-corrected chi connectivity index (χ1v) is 3.64. The van der Waals surface area contributed by atoms with Gasteiger partial charge in [0.2, 0.25) is 0 Å². The van der Waals surface area contributed by atoms with Crippen LogP contribution in [0.1, 0.15) is 11.1 Å². The summed E-state index contributed by atoms with van der Waals surface area (Å²) in [5.41, 5.74) is 1.55. The highest BCUT2D eigenvalue weighted by Gasteiger charge is 1.99. The van der Waals surface area contributed by atoms with Gasteiger partial charge in [-0.1, -0.05) is 11.6 Å². The Bertz CT molecular complexity index is 373. The van der Waals surface area contributed by atoms with Crippen molar-refractivity contribution in [3.8, 4) is 17.9 Å². The van der Waals surface area contributed by atoms with Gasteiger partial charge in [0.1, 0.15) is 5.15 Å². The van der Waals surface area contributed by atoms with Crippen LogP contribution in [-0.4, -0.2) is 4.98 Å². The Hall–Kier alpha value is -1.51. The summed E-state index contributed by atoms with van der Waals surface area (Å²) < 4.78 is 0. The number of nitriles is 1. The van der Waals surface area contributed by atoms with Crippen molar-refractivity contribution in [2.45, 2.75) is 6.92 Å². The average Bonchev–Trinajstić information content (AvgIpc) is 2.04. The fourth-order valence-corrected chi connectivity index (χ4v) is 1.02. The van der Waals surface area contributed by atoms with Crippen LogP contribution in [0.25, 0.3) is 0 Å². The number of aryl methyl sites for hydroxylation is 1. The van der Waals surface area contributed by atoms with Crippen molar-refractivity contribution in [3.63, 3.8) is 0 Å². The fraction of sp³-hybridized carbons (Fsp3) is 0.111. The number of rotatable bonds is 0. The summed E-state index contributed by atoms with van der Waals surface area (Å²) in [6.45, 7) is 1.87. The Balaban J connectivity index is 3.24. The second-order valence-electron chi connectivity index (χ2n) is 2.16. The van der Waals surface area contributed by atoms with Gasteiger partial charge in [-0.15, -0.1) is 0 Å². The molecule has 0 aliphatic rings. The van der Waals surface area contributed by atoms with Gasteiger partial charge in [0.05, 0.1) is 5.56 Å². The molecule has 0 atom stereocenters. The second-order valence-corrected chi connectivity index (χ2v) is 2.51. The van der Waals surface area contributed by atoms with Crippen LogP contribution < -0.4 is 0 Å². The highest BCUT2D eigenvalue weighted by molar-refractivity contribution is 6.30. The van der Waals surface area contributed by atoms with Crippen molar-refractivity contribution in [2.24, 2.45) is 0 Å². The Labute approximate surface area is 75.8 Å². The lowest BCUT2D eigenvalue weighted by molar-refractivity contribution is 1.27. The van der Waals surface area contributed by atoms with Gasteiger partial charge in [0, 0.05) is 12.1 Å². The zero-order valence-electron chi connectivity index (χ0n) is 6.43. The summed E-state index contributed by atoms with van der Waals surface area (Å²) in [6, 6.07) is 3.52. The summed E-state index contributed by atoms with van der Waals surface area (Å²) >= 11 is 5.74. The van der Waals surface area contributed by atoms with Crippen molar-refractivity contribution >= 4 is 11.6 Å². The van der Waals surface area contributed by atoms with Gasteiger partial charge in [-0.2, -0.15) is 5.26 Å². The summed E-state index contributed by atoms with van der Waals surface area (Å²) in [5.74, 6) is 4.90. The SMILES string of the molecule is Cc1ccnc(Cl)c1C#CC#N. The van der Waals surface area contributed by atoms with E-state index in [4.69, 9.17) is 16.9 Å². The van der Waals surface area contributed by atoms with E-state index in [2.05, 4.69) is 16.8 Å². The van der Waals surface area contributed by atoms with Crippen molar-refractivity contribution in [1.29, 1.82) is 5.26 Å². The maximum absolute atomic E-state index is 8.22. The molecule has 0 radical (unpaired) electrons. The Morgan fingerprint density at radius 2 is 2.33 bits per heavy atom. The zero-order valence-corrected chi connectivity index (χ0v) is 7.18. The Morgan fingerprint density at radius 1 is 1.58 bits per heavy atom. The third-order valence-corrected chi connectivity index (χ3v) is 1.64. The number of pyridine rings is 1. The van der Waals surface area contributed by atoms with Crippen molar-refractivity contribution in [3.05, 3.63) is 28.5 Å². The molecule has 0 unspecified atom stereocenters. The minimum absolute atomic E-state index is 0.345. The summed E-state index contributed by atoms with van der Waals surface area (Å²) in [4.78, 5) is 3.85. The van der Waals surface area contributed by atoms with Crippen LogP contribution in [0.5, 0.6) is 0 Å². The first-order chi connectivity index (χ1) is 5.75. The molecular formula is C9H5ClN2. The van der Waals surface area contributed by atoms with Crippen molar-refractivity contribution in [2.75, 3.05) is 0 Å². The van der Waals surface area contributed by atoms with Crippen LogP contribution in [0.3, 0.4) is 0 Å². The summed E-state index contributed by atoms with van der Waals surface area (Å²) in [6.07, 6.45) is 1.61. The van der Waals surface area contributed by atoms with E-state index in [1.807, 2.05) is 6.92 Å². The largest absolute Gasteiger partial charge is 0.243 e.